The van der Waals surface area contributed by atoms with Crippen LogP contribution in [0.4, 0.5) is 5.69 Å². The average Bonchev–Trinajstić information content (AvgIpc) is 2.72. The molecule has 2 aromatic carbocycles. The zero-order chi connectivity index (χ0) is 11.1. The maximum atomic E-state index is 10.2. The highest BCUT2D eigenvalue weighted by Crippen LogP contribution is 2.40. The van der Waals surface area contributed by atoms with Gasteiger partial charge in [0.25, 0.3) is 0 Å². The van der Waals surface area contributed by atoms with Crippen LogP contribution in [0, 0.1) is 0 Å². The Kier molecular flexibility index (Phi) is 2.18. The minimum atomic E-state index is 0.417. The smallest absolute Gasteiger partial charge is 0.128 e. The molecule has 0 radical (unpaired) electrons. The number of hydrogen-bond donors (Lipinski definition) is 1. The first kappa shape index (κ1) is 9.79. The second-order valence-corrected chi connectivity index (χ2v) is 4.32. The number of benzene rings is 2. The van der Waals surface area contributed by atoms with E-state index >= 15 is 0 Å². The number of fused-ring (bicyclic) bond motifs is 2. The second-order valence-electron chi connectivity index (χ2n) is 4.08. The maximum absolute atomic E-state index is 10.2. The quantitative estimate of drug-likeness (QED) is 0.604. The van der Waals surface area contributed by atoms with Crippen molar-refractivity contribution < 1.29 is 5.11 Å². The van der Waals surface area contributed by atoms with Gasteiger partial charge in [-0.25, -0.2) is 0 Å². The first-order valence-electron chi connectivity index (χ1n) is 5.36. The molecular formula is C13H12ClNO. The summed E-state index contributed by atoms with van der Waals surface area (Å²) in [6, 6.07) is 10.5. The van der Waals surface area contributed by atoms with Crippen LogP contribution < -0.4 is 4.90 Å². The molecule has 0 fully saturated rings. The van der Waals surface area contributed by atoms with Crippen LogP contribution in [0.15, 0.2) is 30.3 Å². The molecule has 0 bridgehead atoms. The summed E-state index contributed by atoms with van der Waals surface area (Å²) >= 11 is 5.88. The van der Waals surface area contributed by atoms with Gasteiger partial charge in [0.15, 0.2) is 0 Å². The first-order chi connectivity index (χ1) is 7.81. The summed E-state index contributed by atoms with van der Waals surface area (Å²) in [5.74, 6) is 0.417. The van der Waals surface area contributed by atoms with E-state index in [9.17, 15) is 5.11 Å². The normalized spacial score (nSPS) is 14.4. The molecule has 0 aromatic heterocycles. The first-order valence-corrected chi connectivity index (χ1v) is 5.89. The number of halogens is 1. The fraction of sp³-hybridized carbons (Fsp3) is 0.231. The van der Waals surface area contributed by atoms with Crippen molar-refractivity contribution in [3.63, 3.8) is 0 Å². The number of anilines is 1. The van der Waals surface area contributed by atoms with Crippen LogP contribution >= 0.6 is 11.6 Å². The number of aromatic hydroxyl groups is 1. The van der Waals surface area contributed by atoms with Gasteiger partial charge in [0, 0.05) is 23.2 Å². The van der Waals surface area contributed by atoms with Crippen molar-refractivity contribution in [3.05, 3.63) is 35.9 Å². The van der Waals surface area contributed by atoms with Crippen molar-refractivity contribution >= 4 is 28.1 Å². The standard InChI is InChI=1S/C13H12ClNO/c14-8-15-6-5-11-12(15)7-9-3-1-2-4-10(9)13(11)16/h1-4,7,16H,5-6,8H2. The van der Waals surface area contributed by atoms with Crippen LogP contribution in [-0.2, 0) is 6.42 Å². The number of nitrogens with zero attached hydrogens (tertiary/aromatic N) is 1. The summed E-state index contributed by atoms with van der Waals surface area (Å²) in [6.45, 7) is 0.892. The van der Waals surface area contributed by atoms with Crippen LogP contribution in [0.25, 0.3) is 10.8 Å². The summed E-state index contributed by atoms with van der Waals surface area (Å²) in [5, 5.41) is 12.2. The minimum Gasteiger partial charge on any atom is -0.507 e. The van der Waals surface area contributed by atoms with Gasteiger partial charge in [-0.1, -0.05) is 24.3 Å². The molecular weight excluding hydrogens is 222 g/mol. The molecule has 0 atom stereocenters. The van der Waals surface area contributed by atoms with E-state index in [-0.39, 0.29) is 0 Å². The topological polar surface area (TPSA) is 23.5 Å². The van der Waals surface area contributed by atoms with Gasteiger partial charge in [0.2, 0.25) is 0 Å². The summed E-state index contributed by atoms with van der Waals surface area (Å²) in [5.41, 5.74) is 2.10. The van der Waals surface area contributed by atoms with Crippen molar-refractivity contribution in [2.24, 2.45) is 0 Å². The lowest BCUT2D eigenvalue weighted by Crippen LogP contribution is -2.17. The highest BCUT2D eigenvalue weighted by molar-refractivity contribution is 6.19. The molecule has 82 valence electrons. The van der Waals surface area contributed by atoms with Gasteiger partial charge < -0.3 is 10.0 Å². The molecule has 1 aliphatic rings. The zero-order valence-corrected chi connectivity index (χ0v) is 9.54. The van der Waals surface area contributed by atoms with Crippen molar-refractivity contribution in [1.29, 1.82) is 0 Å². The van der Waals surface area contributed by atoms with Crippen molar-refractivity contribution in [2.75, 3.05) is 17.4 Å². The highest BCUT2D eigenvalue weighted by atomic mass is 35.5. The average molecular weight is 234 g/mol. The van der Waals surface area contributed by atoms with E-state index in [0.29, 0.717) is 11.8 Å². The van der Waals surface area contributed by atoms with Gasteiger partial charge in [0.05, 0.1) is 6.00 Å². The van der Waals surface area contributed by atoms with Gasteiger partial charge in [0.1, 0.15) is 5.75 Å². The Hall–Kier alpha value is -1.41. The summed E-state index contributed by atoms with van der Waals surface area (Å²) in [6.07, 6.45) is 0.874. The Labute approximate surface area is 99.1 Å². The van der Waals surface area contributed by atoms with Crippen LogP contribution in [0.2, 0.25) is 0 Å². The van der Waals surface area contributed by atoms with Crippen molar-refractivity contribution in [1.82, 2.24) is 0 Å². The van der Waals surface area contributed by atoms with Gasteiger partial charge in [-0.15, -0.1) is 11.6 Å². The lowest BCUT2D eigenvalue weighted by molar-refractivity contribution is 0.476. The summed E-state index contributed by atoms with van der Waals surface area (Å²) < 4.78 is 0. The van der Waals surface area contributed by atoms with Crippen LogP contribution in [0.1, 0.15) is 5.56 Å². The van der Waals surface area contributed by atoms with E-state index in [1.165, 1.54) is 0 Å². The molecule has 0 saturated heterocycles. The lowest BCUT2D eigenvalue weighted by atomic mass is 10.0. The Morgan fingerprint density at radius 2 is 2.12 bits per heavy atom. The maximum Gasteiger partial charge on any atom is 0.128 e. The second kappa shape index (κ2) is 3.56. The molecule has 0 unspecified atom stereocenters. The van der Waals surface area contributed by atoms with Crippen LogP contribution in [0.5, 0.6) is 5.75 Å². The van der Waals surface area contributed by atoms with Crippen molar-refractivity contribution in [2.45, 2.75) is 6.42 Å². The number of hydrogen-bond acceptors (Lipinski definition) is 2. The van der Waals surface area contributed by atoms with Gasteiger partial charge >= 0.3 is 0 Å². The number of rotatable bonds is 1. The van der Waals surface area contributed by atoms with E-state index in [0.717, 1.165) is 35.0 Å². The molecule has 3 heteroatoms. The van der Waals surface area contributed by atoms with Gasteiger partial charge in [-0.05, 0) is 17.9 Å². The molecule has 1 N–H and O–H groups in total. The fourth-order valence-electron chi connectivity index (χ4n) is 2.38. The van der Waals surface area contributed by atoms with E-state index in [1.807, 2.05) is 24.3 Å². The van der Waals surface area contributed by atoms with Crippen molar-refractivity contribution in [3.8, 4) is 5.75 Å². The van der Waals surface area contributed by atoms with Crippen LogP contribution in [0.3, 0.4) is 0 Å². The third-order valence-electron chi connectivity index (χ3n) is 3.22. The molecule has 1 heterocycles. The number of alkyl halides is 1. The third kappa shape index (κ3) is 1.26. The monoisotopic (exact) mass is 233 g/mol. The molecule has 0 saturated carbocycles. The Bertz CT molecular complexity index is 553. The SMILES string of the molecule is Oc1c2c(cc3ccccc13)N(CCl)CC2. The Morgan fingerprint density at radius 3 is 2.94 bits per heavy atom. The number of phenols is 1. The van der Waals surface area contributed by atoms with E-state index < -0.39 is 0 Å². The van der Waals surface area contributed by atoms with Gasteiger partial charge in [-0.2, -0.15) is 0 Å². The zero-order valence-electron chi connectivity index (χ0n) is 8.78. The summed E-state index contributed by atoms with van der Waals surface area (Å²) in [7, 11) is 0. The predicted octanol–water partition coefficient (Wildman–Crippen LogP) is 3.10. The fourth-order valence-corrected chi connectivity index (χ4v) is 2.63. The molecule has 16 heavy (non-hydrogen) atoms. The highest BCUT2D eigenvalue weighted by Gasteiger charge is 2.22. The Morgan fingerprint density at radius 1 is 1.31 bits per heavy atom. The minimum absolute atomic E-state index is 0.417. The van der Waals surface area contributed by atoms with Crippen LogP contribution in [-0.4, -0.2) is 17.7 Å². The molecule has 0 spiro atoms. The molecule has 3 rings (SSSR count). The molecule has 0 amide bonds. The van der Waals surface area contributed by atoms with E-state index in [1.54, 1.807) is 0 Å². The lowest BCUT2D eigenvalue weighted by Gasteiger charge is -2.16. The number of phenolic OH excluding ortho intramolecular Hbond substituents is 1. The van der Waals surface area contributed by atoms with Gasteiger partial charge in [-0.3, -0.25) is 0 Å². The predicted molar refractivity (Wildman–Crippen MR) is 67.4 cm³/mol. The summed E-state index contributed by atoms with van der Waals surface area (Å²) in [4.78, 5) is 2.09. The Balaban J connectivity index is 2.32. The molecule has 1 aliphatic heterocycles. The molecule has 2 nitrogen and oxygen atoms in total. The largest absolute Gasteiger partial charge is 0.507 e. The van der Waals surface area contributed by atoms with E-state index in [2.05, 4.69) is 11.0 Å². The third-order valence-corrected chi connectivity index (χ3v) is 3.51. The molecule has 2 aromatic rings. The molecule has 0 aliphatic carbocycles. The van der Waals surface area contributed by atoms with E-state index in [4.69, 9.17) is 11.6 Å².